The fourth-order valence-corrected chi connectivity index (χ4v) is 0. The van der Waals surface area contributed by atoms with Crippen molar-refractivity contribution in [1.82, 2.24) is 6.15 Å². The van der Waals surface area contributed by atoms with Gasteiger partial charge >= 0.3 is 0 Å². The van der Waals surface area contributed by atoms with Crippen molar-refractivity contribution in [2.45, 2.75) is 0 Å². The number of hydrogen-bond acceptors (Lipinski definition) is 1. The molecule has 0 amide bonds. The predicted molar refractivity (Wildman–Crippen MR) is 23.1 cm³/mol. The number of rotatable bonds is 0. The monoisotopic (exact) mass is 200 g/mol. The zero-order chi connectivity index (χ0) is 0. The first-order chi connectivity index (χ1) is 0. The molecule has 0 heterocycles. The van der Waals surface area contributed by atoms with E-state index in [4.69, 9.17) is 0 Å². The molecule has 0 rings (SSSR count). The molecule has 0 aromatic rings. The fraction of sp³-hybridized carbons (Fsp3) is 0. The van der Waals surface area contributed by atoms with Gasteiger partial charge in [-0.3, -0.25) is 0 Å². The van der Waals surface area contributed by atoms with Crippen molar-refractivity contribution in [3.63, 3.8) is 0 Å². The second-order valence-corrected chi connectivity index (χ2v) is 0. The summed E-state index contributed by atoms with van der Waals surface area (Å²) in [5.41, 5.74) is 0. The van der Waals surface area contributed by atoms with Gasteiger partial charge in [0.2, 0.25) is 0 Å². The van der Waals surface area contributed by atoms with Crippen LogP contribution in [0, 0.1) is 0 Å². The first kappa shape index (κ1) is 1270. The van der Waals surface area contributed by atoms with E-state index in [1.165, 1.54) is 0 Å². The standard InChI is InChI=1S/H3N.Nb.5H2O/h1H3;;5*1H2. The second kappa shape index (κ2) is 786. The third kappa shape index (κ3) is 526. The van der Waals surface area contributed by atoms with Crippen LogP contribution in [0.3, 0.4) is 0 Å². The topological polar surface area (TPSA) is 192 Å². The first-order valence-electron chi connectivity index (χ1n) is 0. The maximum Gasteiger partial charge on any atom is 0 e. The van der Waals surface area contributed by atoms with Crippen LogP contribution in [0.2, 0.25) is 0 Å². The molecule has 0 bridgehead atoms. The van der Waals surface area contributed by atoms with Crippen LogP contribution < -0.4 is 6.15 Å². The summed E-state index contributed by atoms with van der Waals surface area (Å²) in [6.45, 7) is 0. The summed E-state index contributed by atoms with van der Waals surface area (Å²) in [7, 11) is 0. The summed E-state index contributed by atoms with van der Waals surface area (Å²) in [6, 6.07) is 0. The largest absolute Gasteiger partial charge is 0.412 e. The summed E-state index contributed by atoms with van der Waals surface area (Å²) in [6.07, 6.45) is 0. The fourth-order valence-electron chi connectivity index (χ4n) is 0. The van der Waals surface area contributed by atoms with Gasteiger partial charge in [-0.25, -0.2) is 0 Å². The average Bonchev–Trinajstić information content (AvgIpc) is 0. The van der Waals surface area contributed by atoms with Crippen LogP contribution in [0.1, 0.15) is 0 Å². The van der Waals surface area contributed by atoms with Gasteiger partial charge in [0, 0.05) is 22.4 Å². The Bertz CT molecular complexity index is 8.04. The van der Waals surface area contributed by atoms with Crippen LogP contribution in [0.25, 0.3) is 0 Å². The summed E-state index contributed by atoms with van der Waals surface area (Å²) in [4.78, 5) is 0. The van der Waals surface area contributed by atoms with Crippen molar-refractivity contribution in [3.8, 4) is 0 Å². The Kier molecular flexibility index (Phi) is 142000. The smallest absolute Gasteiger partial charge is 0 e. The van der Waals surface area contributed by atoms with Gasteiger partial charge < -0.3 is 33.5 Å². The van der Waals surface area contributed by atoms with Gasteiger partial charge in [0.15, 0.2) is 0 Å². The second-order valence-electron chi connectivity index (χ2n) is 0. The summed E-state index contributed by atoms with van der Waals surface area (Å²) in [5.74, 6) is 0. The predicted octanol–water partition coefficient (Wildman–Crippen LogP) is -3.96. The third-order valence-corrected chi connectivity index (χ3v) is 0. The summed E-state index contributed by atoms with van der Waals surface area (Å²) >= 11 is 0. The summed E-state index contributed by atoms with van der Waals surface area (Å²) < 4.78 is 0. The molecule has 1 radical (unpaired) electrons. The molecular formula is H13NNbO5. The molecule has 0 atom stereocenters. The van der Waals surface area contributed by atoms with Crippen molar-refractivity contribution >= 4 is 0 Å². The van der Waals surface area contributed by atoms with Crippen LogP contribution >= 0.6 is 0 Å². The maximum absolute atomic E-state index is 0. The van der Waals surface area contributed by atoms with Crippen LogP contribution in [-0.2, 0) is 22.4 Å². The minimum absolute atomic E-state index is 0. The molecule has 0 spiro atoms. The van der Waals surface area contributed by atoms with Gasteiger partial charge in [-0.15, -0.1) is 0 Å². The Hall–Kier alpha value is 0.500. The third-order valence-electron chi connectivity index (χ3n) is 0. The molecule has 6 nitrogen and oxygen atoms in total. The van der Waals surface area contributed by atoms with Crippen LogP contribution in [0.5, 0.6) is 0 Å². The first-order valence-corrected chi connectivity index (χ1v) is 0. The molecule has 0 aliphatic heterocycles. The van der Waals surface area contributed by atoms with Crippen molar-refractivity contribution in [2.75, 3.05) is 0 Å². The zero-order valence-corrected chi connectivity index (χ0v) is 5.85. The van der Waals surface area contributed by atoms with Crippen LogP contribution in [-0.4, -0.2) is 27.4 Å². The molecule has 0 aromatic carbocycles. The molecule has 0 aromatic heterocycles. The Balaban J connectivity index is 0. The molecule has 0 unspecified atom stereocenters. The number of hydrogen-bond donors (Lipinski definition) is 1. The van der Waals surface area contributed by atoms with Gasteiger partial charge in [0.05, 0.1) is 0 Å². The molecule has 7 heavy (non-hydrogen) atoms. The zero-order valence-electron chi connectivity index (χ0n) is 3.65. The molecule has 0 saturated carbocycles. The van der Waals surface area contributed by atoms with E-state index < -0.39 is 0 Å². The van der Waals surface area contributed by atoms with E-state index in [1.54, 1.807) is 0 Å². The summed E-state index contributed by atoms with van der Waals surface area (Å²) in [5, 5.41) is 0. The van der Waals surface area contributed by atoms with Gasteiger partial charge in [-0.05, 0) is 0 Å². The van der Waals surface area contributed by atoms with Crippen molar-refractivity contribution < 1.29 is 49.8 Å². The molecule has 13 N–H and O–H groups in total. The van der Waals surface area contributed by atoms with E-state index in [0.29, 0.717) is 0 Å². The van der Waals surface area contributed by atoms with E-state index in [2.05, 4.69) is 0 Å². The van der Waals surface area contributed by atoms with Gasteiger partial charge in [0.1, 0.15) is 0 Å². The Morgan fingerprint density at radius 3 is 0.429 bits per heavy atom. The molecular weight excluding hydrogens is 187 g/mol. The van der Waals surface area contributed by atoms with E-state index in [-0.39, 0.29) is 55.9 Å². The molecule has 0 fully saturated rings. The SMILES string of the molecule is N.O.O.O.O.O.[Nb]. The van der Waals surface area contributed by atoms with E-state index >= 15 is 0 Å². The van der Waals surface area contributed by atoms with Crippen LogP contribution in [0.15, 0.2) is 0 Å². The minimum Gasteiger partial charge on any atom is -0.412 e. The quantitative estimate of drug-likeness (QED) is 0.383. The normalized spacial score (nSPS) is 0. The maximum atomic E-state index is 0. The van der Waals surface area contributed by atoms with Crippen molar-refractivity contribution in [2.24, 2.45) is 0 Å². The molecule has 7 heteroatoms. The van der Waals surface area contributed by atoms with E-state index in [0.717, 1.165) is 0 Å². The molecule has 0 saturated heterocycles. The van der Waals surface area contributed by atoms with Gasteiger partial charge in [-0.2, -0.15) is 0 Å². The van der Waals surface area contributed by atoms with Crippen molar-refractivity contribution in [1.29, 1.82) is 0 Å². The molecule has 0 aliphatic rings. The molecule has 0 aliphatic carbocycles. The van der Waals surface area contributed by atoms with E-state index in [1.807, 2.05) is 0 Å². The van der Waals surface area contributed by atoms with E-state index in [9.17, 15) is 0 Å². The van der Waals surface area contributed by atoms with Crippen molar-refractivity contribution in [3.05, 3.63) is 0 Å². The molecule has 53 valence electrons. The Morgan fingerprint density at radius 1 is 0.429 bits per heavy atom. The van der Waals surface area contributed by atoms with Gasteiger partial charge in [0.25, 0.3) is 0 Å². The minimum atomic E-state index is 0. The Labute approximate surface area is 56.5 Å². The van der Waals surface area contributed by atoms with Gasteiger partial charge in [-0.1, -0.05) is 0 Å². The van der Waals surface area contributed by atoms with Crippen LogP contribution in [0.4, 0.5) is 0 Å². The Morgan fingerprint density at radius 2 is 0.429 bits per heavy atom. The average molecular weight is 200 g/mol.